The van der Waals surface area contributed by atoms with Gasteiger partial charge in [0.15, 0.2) is 0 Å². The third-order valence-electron chi connectivity index (χ3n) is 9.82. The molecule has 1 saturated carbocycles. The van der Waals surface area contributed by atoms with Gasteiger partial charge in [-0.1, -0.05) is 57.4 Å². The molecule has 4 aliphatic rings. The lowest BCUT2D eigenvalue weighted by molar-refractivity contribution is -0.141. The summed E-state index contributed by atoms with van der Waals surface area (Å²) in [7, 11) is -3.58. The van der Waals surface area contributed by atoms with Gasteiger partial charge >= 0.3 is 0 Å². The van der Waals surface area contributed by atoms with Crippen molar-refractivity contribution in [1.29, 1.82) is 0 Å². The van der Waals surface area contributed by atoms with E-state index in [1.807, 2.05) is 32.0 Å². The Kier molecular flexibility index (Phi) is 8.57. The predicted molar refractivity (Wildman–Crippen MR) is 153 cm³/mol. The van der Waals surface area contributed by atoms with Gasteiger partial charge in [-0.3, -0.25) is 14.4 Å². The third kappa shape index (κ3) is 5.66. The van der Waals surface area contributed by atoms with Crippen LogP contribution in [0.5, 0.6) is 0 Å². The van der Waals surface area contributed by atoms with Gasteiger partial charge in [-0.2, -0.15) is 4.31 Å². The summed E-state index contributed by atoms with van der Waals surface area (Å²) in [4.78, 5) is 42.8. The number of hydrogen-bond acceptors (Lipinski definition) is 5. The van der Waals surface area contributed by atoms with Gasteiger partial charge in [-0.15, -0.1) is 0 Å². The number of nitrogens with one attached hydrogen (secondary N) is 2. The predicted octanol–water partition coefficient (Wildman–Crippen LogP) is 2.76. The first-order valence-electron chi connectivity index (χ1n) is 15.1. The topological polar surface area (TPSA) is 116 Å². The molecule has 2 N–H and O–H groups in total. The Hall–Kier alpha value is -2.46. The molecular formula is C30H44N4O5S. The first kappa shape index (κ1) is 29.0. The Morgan fingerprint density at radius 1 is 1.05 bits per heavy atom. The minimum Gasteiger partial charge on any atom is -0.349 e. The summed E-state index contributed by atoms with van der Waals surface area (Å²) in [5, 5.41) is 6.29. The summed E-state index contributed by atoms with van der Waals surface area (Å²) in [6, 6.07) is 6.31. The second-order valence-corrected chi connectivity index (χ2v) is 14.2. The Bertz CT molecular complexity index is 1230. The molecule has 2 aliphatic carbocycles. The number of amides is 3. The molecule has 0 aromatic heterocycles. The minimum absolute atomic E-state index is 0.0444. The molecular weight excluding hydrogens is 528 g/mol. The number of nitrogens with zero attached hydrogens (tertiary/aromatic N) is 2. The summed E-state index contributed by atoms with van der Waals surface area (Å²) in [5.41, 5.74) is 2.33. The molecule has 2 saturated heterocycles. The lowest BCUT2D eigenvalue weighted by Crippen LogP contribution is -2.57. The highest BCUT2D eigenvalue weighted by Gasteiger charge is 2.56. The van der Waals surface area contributed by atoms with Crippen LogP contribution in [0.1, 0.15) is 82.4 Å². The van der Waals surface area contributed by atoms with Crippen molar-refractivity contribution in [3.05, 3.63) is 35.4 Å². The van der Waals surface area contributed by atoms with Crippen LogP contribution in [0.25, 0.3) is 0 Å². The van der Waals surface area contributed by atoms with Gasteiger partial charge in [0, 0.05) is 25.0 Å². The van der Waals surface area contributed by atoms with Crippen LogP contribution in [0.2, 0.25) is 0 Å². The molecule has 3 amide bonds. The fourth-order valence-electron chi connectivity index (χ4n) is 7.41. The fourth-order valence-corrected chi connectivity index (χ4v) is 8.56. The largest absolute Gasteiger partial charge is 0.349 e. The monoisotopic (exact) mass is 572 g/mol. The van der Waals surface area contributed by atoms with E-state index in [4.69, 9.17) is 0 Å². The maximum absolute atomic E-state index is 14.3. The lowest BCUT2D eigenvalue weighted by atomic mass is 9.82. The van der Waals surface area contributed by atoms with E-state index in [2.05, 4.69) is 16.7 Å². The average Bonchev–Trinajstić information content (AvgIpc) is 3.65. The van der Waals surface area contributed by atoms with Gasteiger partial charge in [-0.05, 0) is 55.6 Å². The molecule has 5 rings (SSSR count). The highest BCUT2D eigenvalue weighted by molar-refractivity contribution is 7.88. The zero-order valence-electron chi connectivity index (χ0n) is 24.0. The van der Waals surface area contributed by atoms with E-state index in [0.717, 1.165) is 50.5 Å². The molecule has 3 fully saturated rings. The zero-order chi connectivity index (χ0) is 28.6. The first-order chi connectivity index (χ1) is 19.1. The normalized spacial score (nSPS) is 28.5. The molecule has 0 radical (unpaired) electrons. The van der Waals surface area contributed by atoms with Crippen LogP contribution in [0.4, 0.5) is 0 Å². The first-order valence-corrected chi connectivity index (χ1v) is 16.9. The second-order valence-electron chi connectivity index (χ2n) is 12.3. The maximum Gasteiger partial charge on any atom is 0.245 e. The molecule has 40 heavy (non-hydrogen) atoms. The van der Waals surface area contributed by atoms with E-state index >= 15 is 0 Å². The number of aryl methyl sites for hydroxylation is 1. The Morgan fingerprint density at radius 3 is 2.48 bits per heavy atom. The van der Waals surface area contributed by atoms with E-state index < -0.39 is 34.1 Å². The van der Waals surface area contributed by atoms with Crippen molar-refractivity contribution in [1.82, 2.24) is 19.8 Å². The quantitative estimate of drug-likeness (QED) is 0.497. The number of fused-ring (bicyclic) bond motifs is 2. The van der Waals surface area contributed by atoms with E-state index in [1.165, 1.54) is 16.1 Å². The van der Waals surface area contributed by atoms with Crippen LogP contribution < -0.4 is 10.6 Å². The van der Waals surface area contributed by atoms with E-state index in [1.54, 1.807) is 4.90 Å². The molecule has 1 aromatic rings. The maximum atomic E-state index is 14.3. The fraction of sp³-hybridized carbons (Fsp3) is 0.700. The van der Waals surface area contributed by atoms with Crippen molar-refractivity contribution in [3.8, 4) is 0 Å². The number of hydrogen-bond donors (Lipinski definition) is 2. The lowest BCUT2D eigenvalue weighted by Gasteiger charge is -2.36. The number of likely N-dealkylation sites (tertiary alicyclic amines) is 1. The average molecular weight is 573 g/mol. The Labute approximate surface area is 238 Å². The molecule has 0 bridgehead atoms. The Morgan fingerprint density at radius 2 is 1.77 bits per heavy atom. The third-order valence-corrected chi connectivity index (χ3v) is 11.1. The standard InChI is InChI=1S/C30H44N4O5S/c1-4-19(2)28(35)32-26(21-11-6-5-7-12-21)30(37)33-17-16-25-27(33)23(18-34(25)40(3,38)39)29(36)31-24-15-14-20-10-8-9-13-22(20)24/h8-10,13,19,21,23-27H,4-7,11-12,14-18H2,1-3H3,(H,31,36)(H,32,35)/t19-,23+,24+,25-,26+,27-/m1/s1. The van der Waals surface area contributed by atoms with Crippen LogP contribution >= 0.6 is 0 Å². The van der Waals surface area contributed by atoms with Crippen molar-refractivity contribution in [2.45, 2.75) is 95.8 Å². The zero-order valence-corrected chi connectivity index (χ0v) is 24.8. The van der Waals surface area contributed by atoms with E-state index in [9.17, 15) is 22.8 Å². The van der Waals surface area contributed by atoms with Crippen LogP contribution in [0.15, 0.2) is 24.3 Å². The summed E-state index contributed by atoms with van der Waals surface area (Å²) in [5.74, 6) is -1.33. The van der Waals surface area contributed by atoms with Crippen LogP contribution in [-0.2, 0) is 30.8 Å². The van der Waals surface area contributed by atoms with Crippen LogP contribution in [0, 0.1) is 17.8 Å². The van der Waals surface area contributed by atoms with Crippen molar-refractivity contribution < 1.29 is 22.8 Å². The summed E-state index contributed by atoms with van der Waals surface area (Å²) >= 11 is 0. The van der Waals surface area contributed by atoms with Gasteiger partial charge in [0.25, 0.3) is 0 Å². The van der Waals surface area contributed by atoms with Gasteiger partial charge < -0.3 is 15.5 Å². The smallest absolute Gasteiger partial charge is 0.245 e. The van der Waals surface area contributed by atoms with Crippen LogP contribution in [0.3, 0.4) is 0 Å². The minimum atomic E-state index is -3.58. The number of carbonyl (C=O) groups excluding carboxylic acids is 3. The molecule has 220 valence electrons. The molecule has 2 heterocycles. The van der Waals surface area contributed by atoms with Gasteiger partial charge in [0.1, 0.15) is 6.04 Å². The van der Waals surface area contributed by atoms with Crippen molar-refractivity contribution in [2.24, 2.45) is 17.8 Å². The highest BCUT2D eigenvalue weighted by Crippen LogP contribution is 2.40. The van der Waals surface area contributed by atoms with Crippen molar-refractivity contribution in [3.63, 3.8) is 0 Å². The number of benzene rings is 1. The molecule has 0 spiro atoms. The van der Waals surface area contributed by atoms with Gasteiger partial charge in [0.05, 0.1) is 24.3 Å². The molecule has 6 atom stereocenters. The molecule has 9 nitrogen and oxygen atoms in total. The van der Waals surface area contributed by atoms with Crippen molar-refractivity contribution in [2.75, 3.05) is 19.3 Å². The molecule has 10 heteroatoms. The van der Waals surface area contributed by atoms with E-state index in [0.29, 0.717) is 19.4 Å². The van der Waals surface area contributed by atoms with E-state index in [-0.39, 0.29) is 42.1 Å². The summed E-state index contributed by atoms with van der Waals surface area (Å²) < 4.78 is 27.0. The SMILES string of the molecule is CC[C@@H](C)C(=O)N[C@H](C(=O)N1CC[C@@H]2[C@H]1[C@@H](C(=O)N[C@H]1CCc3ccccc31)CN2S(C)(=O)=O)C1CCCCC1. The van der Waals surface area contributed by atoms with Gasteiger partial charge in [-0.25, -0.2) is 8.42 Å². The number of carbonyl (C=O) groups is 3. The summed E-state index contributed by atoms with van der Waals surface area (Å²) in [6.07, 6.45) is 8.95. The van der Waals surface area contributed by atoms with Gasteiger partial charge in [0.2, 0.25) is 27.7 Å². The molecule has 0 unspecified atom stereocenters. The molecule has 1 aromatic carbocycles. The Balaban J connectivity index is 1.41. The summed E-state index contributed by atoms with van der Waals surface area (Å²) in [6.45, 7) is 4.26. The second kappa shape index (κ2) is 11.8. The van der Waals surface area contributed by atoms with Crippen molar-refractivity contribution >= 4 is 27.7 Å². The number of sulfonamides is 1. The highest BCUT2D eigenvalue weighted by atomic mass is 32.2. The molecule has 2 aliphatic heterocycles. The van der Waals surface area contributed by atoms with Crippen LogP contribution in [-0.4, -0.2) is 72.8 Å². The number of rotatable bonds is 8.